The van der Waals surface area contributed by atoms with Gasteiger partial charge in [0.1, 0.15) is 0 Å². The molecule has 2 rings (SSSR count). The molecule has 78 valence electrons. The van der Waals surface area contributed by atoms with Gasteiger partial charge in [0.2, 0.25) is 5.69 Å². The number of anilines is 1. The molecule has 0 amide bonds. The van der Waals surface area contributed by atoms with Gasteiger partial charge in [0.05, 0.1) is 14.1 Å². The second-order valence-corrected chi connectivity index (χ2v) is 3.36. The van der Waals surface area contributed by atoms with Crippen LogP contribution in [0.1, 0.15) is 0 Å². The first-order valence-electron chi connectivity index (χ1n) is 4.52. The lowest BCUT2D eigenvalue weighted by atomic mass is 10.1. The predicted molar refractivity (Wildman–Crippen MR) is 55.2 cm³/mol. The summed E-state index contributed by atoms with van der Waals surface area (Å²) in [6, 6.07) is 9.44. The fourth-order valence-corrected chi connectivity index (χ4v) is 1.40. The summed E-state index contributed by atoms with van der Waals surface area (Å²) in [6.07, 6.45) is 0. The summed E-state index contributed by atoms with van der Waals surface area (Å²) < 4.78 is 4.58. The van der Waals surface area contributed by atoms with Crippen LogP contribution < -0.4 is 9.80 Å². The van der Waals surface area contributed by atoms with Crippen LogP contribution in [-0.2, 0) is 0 Å². The first-order valence-corrected chi connectivity index (χ1v) is 4.52. The van der Waals surface area contributed by atoms with Gasteiger partial charge in [-0.25, -0.2) is 0 Å². The van der Waals surface area contributed by atoms with Gasteiger partial charge in [-0.05, 0) is 5.16 Å². The third-order valence-electron chi connectivity index (χ3n) is 2.06. The molecular weight excluding hydrogens is 194 g/mol. The fraction of sp³-hybridized carbons (Fsp3) is 0.200. The number of nitrogens with zero attached hydrogens (tertiary/aromatic N) is 3. The second kappa shape index (κ2) is 3.61. The molecule has 0 aliphatic carbocycles. The summed E-state index contributed by atoms with van der Waals surface area (Å²) in [4.78, 5) is 2.08. The van der Waals surface area contributed by atoms with E-state index in [-0.39, 0.29) is 0 Å². The highest BCUT2D eigenvalue weighted by Gasteiger charge is 2.21. The molecule has 15 heavy (non-hydrogen) atoms. The van der Waals surface area contributed by atoms with E-state index in [1.54, 1.807) is 19.0 Å². The van der Waals surface area contributed by atoms with Gasteiger partial charge in [0.15, 0.2) is 0 Å². The van der Waals surface area contributed by atoms with Crippen LogP contribution in [0, 0.1) is 5.21 Å². The van der Waals surface area contributed by atoms with Crippen LogP contribution in [0.5, 0.6) is 0 Å². The molecule has 0 unspecified atom stereocenters. The van der Waals surface area contributed by atoms with Crippen molar-refractivity contribution in [1.82, 2.24) is 5.16 Å². The van der Waals surface area contributed by atoms with Crippen molar-refractivity contribution >= 4 is 5.82 Å². The van der Waals surface area contributed by atoms with Crippen molar-refractivity contribution < 1.29 is 9.53 Å². The monoisotopic (exact) mass is 205 g/mol. The van der Waals surface area contributed by atoms with Crippen molar-refractivity contribution in [3.05, 3.63) is 35.5 Å². The number of rotatable bonds is 2. The molecule has 0 N–H and O–H groups in total. The SMILES string of the molecule is CN(C)c1c(-c2ccccc2)no[n+]1[O-]. The Bertz CT molecular complexity index is 451. The zero-order valence-electron chi connectivity index (χ0n) is 8.54. The summed E-state index contributed by atoms with van der Waals surface area (Å²) in [7, 11) is 3.54. The van der Waals surface area contributed by atoms with Crippen LogP contribution in [0.3, 0.4) is 0 Å². The number of hydrogen-bond donors (Lipinski definition) is 0. The van der Waals surface area contributed by atoms with Gasteiger partial charge in [0.25, 0.3) is 0 Å². The van der Waals surface area contributed by atoms with E-state index in [1.807, 2.05) is 30.3 Å². The van der Waals surface area contributed by atoms with E-state index < -0.39 is 0 Å². The van der Waals surface area contributed by atoms with E-state index in [1.165, 1.54) is 0 Å². The lowest BCUT2D eigenvalue weighted by molar-refractivity contribution is -0.792. The maximum absolute atomic E-state index is 11.3. The Morgan fingerprint density at radius 3 is 2.53 bits per heavy atom. The molecule has 2 aromatic rings. The Labute approximate surface area is 87.1 Å². The smallest absolute Gasteiger partial charge is 0.304 e. The van der Waals surface area contributed by atoms with Gasteiger partial charge >= 0.3 is 5.82 Å². The summed E-state index contributed by atoms with van der Waals surface area (Å²) in [5.74, 6) is 0.404. The van der Waals surface area contributed by atoms with Crippen molar-refractivity contribution in [3.63, 3.8) is 0 Å². The molecule has 0 aliphatic heterocycles. The van der Waals surface area contributed by atoms with E-state index in [4.69, 9.17) is 0 Å². The molecule has 0 fully saturated rings. The summed E-state index contributed by atoms with van der Waals surface area (Å²) >= 11 is 0. The number of hydrogen-bond acceptors (Lipinski definition) is 4. The molecule has 0 atom stereocenters. The number of aromatic nitrogens is 2. The standard InChI is InChI=1S/C10H11N3O2/c1-12(2)10-9(11-15-13(10)14)8-6-4-3-5-7-8/h3-7H,1-2H3. The third kappa shape index (κ3) is 1.63. The van der Waals surface area contributed by atoms with E-state index >= 15 is 0 Å². The molecule has 1 aromatic carbocycles. The lowest BCUT2D eigenvalue weighted by Gasteiger charge is -2.06. The van der Waals surface area contributed by atoms with Crippen molar-refractivity contribution in [2.75, 3.05) is 19.0 Å². The Morgan fingerprint density at radius 1 is 1.27 bits per heavy atom. The van der Waals surface area contributed by atoms with E-state index in [9.17, 15) is 5.21 Å². The van der Waals surface area contributed by atoms with Crippen molar-refractivity contribution in [3.8, 4) is 11.3 Å². The van der Waals surface area contributed by atoms with Crippen molar-refractivity contribution in [2.24, 2.45) is 0 Å². The predicted octanol–water partition coefficient (Wildman–Crippen LogP) is 1.04. The van der Waals surface area contributed by atoms with E-state index in [0.717, 1.165) is 5.56 Å². The molecule has 1 heterocycles. The quantitative estimate of drug-likeness (QED) is 0.687. The second-order valence-electron chi connectivity index (χ2n) is 3.36. The molecule has 5 heteroatoms. The highest BCUT2D eigenvalue weighted by molar-refractivity contribution is 5.69. The fourth-order valence-electron chi connectivity index (χ4n) is 1.40. The minimum atomic E-state index is 0.404. The van der Waals surface area contributed by atoms with Crippen molar-refractivity contribution in [1.29, 1.82) is 0 Å². The molecule has 0 bridgehead atoms. The Kier molecular flexibility index (Phi) is 2.29. The van der Waals surface area contributed by atoms with Gasteiger partial charge in [0, 0.05) is 5.56 Å². The molecule has 1 aromatic heterocycles. The van der Waals surface area contributed by atoms with Gasteiger partial charge in [-0.3, -0.25) is 4.90 Å². The van der Waals surface area contributed by atoms with Crippen LogP contribution in [0.15, 0.2) is 35.0 Å². The minimum absolute atomic E-state index is 0.404. The summed E-state index contributed by atoms with van der Waals surface area (Å²) in [6.45, 7) is 0. The van der Waals surface area contributed by atoms with Crippen LogP contribution in [-0.4, -0.2) is 19.3 Å². The van der Waals surface area contributed by atoms with Crippen LogP contribution in [0.4, 0.5) is 5.82 Å². The van der Waals surface area contributed by atoms with E-state index in [2.05, 4.69) is 9.79 Å². The molecule has 5 nitrogen and oxygen atoms in total. The zero-order chi connectivity index (χ0) is 10.8. The Morgan fingerprint density at radius 2 is 1.93 bits per heavy atom. The maximum atomic E-state index is 11.3. The average molecular weight is 205 g/mol. The average Bonchev–Trinajstić information content (AvgIpc) is 2.61. The van der Waals surface area contributed by atoms with Crippen molar-refractivity contribution in [2.45, 2.75) is 0 Å². The first kappa shape index (κ1) is 9.51. The molecule has 0 spiro atoms. The highest BCUT2D eigenvalue weighted by atomic mass is 16.8. The lowest BCUT2D eigenvalue weighted by Crippen LogP contribution is -2.31. The zero-order valence-corrected chi connectivity index (χ0v) is 8.54. The molecular formula is C10H11N3O2. The maximum Gasteiger partial charge on any atom is 0.304 e. The van der Waals surface area contributed by atoms with Gasteiger partial charge in [-0.2, -0.15) is 0 Å². The minimum Gasteiger partial charge on any atom is -0.391 e. The molecule has 0 aliphatic rings. The van der Waals surface area contributed by atoms with Gasteiger partial charge in [-0.1, -0.05) is 35.2 Å². The number of benzene rings is 1. The first-order chi connectivity index (χ1) is 7.20. The van der Waals surface area contributed by atoms with Gasteiger partial charge in [-0.15, -0.1) is 0 Å². The summed E-state index contributed by atoms with van der Waals surface area (Å²) in [5.41, 5.74) is 1.41. The Hall–Kier alpha value is -2.04. The molecule has 0 saturated heterocycles. The normalized spacial score (nSPS) is 10.3. The molecule has 0 radical (unpaired) electrons. The van der Waals surface area contributed by atoms with Crippen LogP contribution >= 0.6 is 0 Å². The molecule has 0 saturated carbocycles. The van der Waals surface area contributed by atoms with Gasteiger partial charge < -0.3 is 9.84 Å². The highest BCUT2D eigenvalue weighted by Crippen LogP contribution is 2.23. The third-order valence-corrected chi connectivity index (χ3v) is 2.06. The van der Waals surface area contributed by atoms with Crippen LogP contribution in [0.2, 0.25) is 0 Å². The van der Waals surface area contributed by atoms with Crippen LogP contribution in [0.25, 0.3) is 11.3 Å². The Balaban J connectivity index is 2.54. The van der Waals surface area contributed by atoms with E-state index in [0.29, 0.717) is 16.4 Å². The topological polar surface area (TPSA) is 56.2 Å². The largest absolute Gasteiger partial charge is 0.391 e. The summed E-state index contributed by atoms with van der Waals surface area (Å²) in [5, 5.41) is 15.0.